The molecule has 2 aromatic rings. The van der Waals surface area contributed by atoms with E-state index in [4.69, 9.17) is 4.74 Å². The van der Waals surface area contributed by atoms with E-state index in [9.17, 15) is 9.59 Å². The molecule has 0 aliphatic carbocycles. The number of ketones is 1. The van der Waals surface area contributed by atoms with Gasteiger partial charge in [-0.1, -0.05) is 37.3 Å². The van der Waals surface area contributed by atoms with Crippen LogP contribution in [0.25, 0.3) is 0 Å². The quantitative estimate of drug-likeness (QED) is 0.606. The predicted octanol–water partition coefficient (Wildman–Crippen LogP) is 3.49. The molecule has 4 nitrogen and oxygen atoms in total. The van der Waals surface area contributed by atoms with Crippen molar-refractivity contribution in [3.63, 3.8) is 0 Å². The van der Waals surface area contributed by atoms with Crippen LogP contribution in [0.5, 0.6) is 0 Å². The molecule has 0 radical (unpaired) electrons. The number of carbonyl (C=O) groups is 2. The van der Waals surface area contributed by atoms with Crippen molar-refractivity contribution >= 4 is 11.8 Å². The Balaban J connectivity index is 2.45. The van der Waals surface area contributed by atoms with Crippen molar-refractivity contribution in [2.75, 3.05) is 6.61 Å². The highest BCUT2D eigenvalue weighted by Gasteiger charge is 2.25. The first-order chi connectivity index (χ1) is 11.0. The Kier molecular flexibility index (Phi) is 5.37. The largest absolute Gasteiger partial charge is 0.465 e. The molecule has 0 N–H and O–H groups in total. The molecule has 1 heterocycles. The van der Waals surface area contributed by atoms with E-state index in [2.05, 4.69) is 0 Å². The molecule has 1 unspecified atom stereocenters. The number of aryl methyl sites for hydroxylation is 1. The van der Waals surface area contributed by atoms with Gasteiger partial charge in [-0.3, -0.25) is 9.59 Å². The van der Waals surface area contributed by atoms with E-state index in [1.54, 1.807) is 6.92 Å². The molecule has 0 saturated heterocycles. The third kappa shape index (κ3) is 3.36. The maximum atomic E-state index is 12.8. The summed E-state index contributed by atoms with van der Waals surface area (Å²) in [7, 11) is 1.83. The summed E-state index contributed by atoms with van der Waals surface area (Å²) in [6, 6.07) is 11.1. The number of hydrogen-bond acceptors (Lipinski definition) is 3. The van der Waals surface area contributed by atoms with Gasteiger partial charge in [0.05, 0.1) is 18.2 Å². The fraction of sp³-hybridized carbons (Fsp3) is 0.368. The maximum Gasteiger partial charge on any atom is 0.314 e. The fourth-order valence-corrected chi connectivity index (χ4v) is 2.79. The maximum absolute atomic E-state index is 12.8. The van der Waals surface area contributed by atoms with E-state index in [1.165, 1.54) is 0 Å². The van der Waals surface area contributed by atoms with Gasteiger partial charge in [0.25, 0.3) is 0 Å². The van der Waals surface area contributed by atoms with Crippen LogP contribution in [0.4, 0.5) is 0 Å². The standard InChI is InChI=1S/C19H23NO3/c1-5-14-12-16(13(3)19(22)23-6-2)20(4)17(14)18(21)15-10-8-7-9-11-15/h7-13H,5-6H2,1-4H3. The zero-order chi connectivity index (χ0) is 17.0. The molecular weight excluding hydrogens is 290 g/mol. The number of ether oxygens (including phenoxy) is 1. The first-order valence-electron chi connectivity index (χ1n) is 7.96. The highest BCUT2D eigenvalue weighted by Crippen LogP contribution is 2.25. The minimum Gasteiger partial charge on any atom is -0.465 e. The Labute approximate surface area is 137 Å². The lowest BCUT2D eigenvalue weighted by Crippen LogP contribution is -2.17. The summed E-state index contributed by atoms with van der Waals surface area (Å²) >= 11 is 0. The third-order valence-corrected chi connectivity index (χ3v) is 4.06. The van der Waals surface area contributed by atoms with Gasteiger partial charge < -0.3 is 9.30 Å². The third-order valence-electron chi connectivity index (χ3n) is 4.06. The lowest BCUT2D eigenvalue weighted by molar-refractivity contribution is -0.144. The van der Waals surface area contributed by atoms with Crippen molar-refractivity contribution in [2.24, 2.45) is 7.05 Å². The van der Waals surface area contributed by atoms with Gasteiger partial charge >= 0.3 is 5.97 Å². The van der Waals surface area contributed by atoms with Gasteiger partial charge in [-0.25, -0.2) is 0 Å². The predicted molar refractivity (Wildman–Crippen MR) is 89.7 cm³/mol. The zero-order valence-corrected chi connectivity index (χ0v) is 14.1. The van der Waals surface area contributed by atoms with Crippen LogP contribution in [0.15, 0.2) is 36.4 Å². The smallest absolute Gasteiger partial charge is 0.314 e. The first-order valence-corrected chi connectivity index (χ1v) is 7.96. The number of rotatable bonds is 6. The van der Waals surface area contributed by atoms with Crippen molar-refractivity contribution in [3.05, 3.63) is 58.9 Å². The molecule has 122 valence electrons. The summed E-state index contributed by atoms with van der Waals surface area (Å²) in [5.41, 5.74) is 3.05. The highest BCUT2D eigenvalue weighted by atomic mass is 16.5. The molecule has 0 spiro atoms. The van der Waals surface area contributed by atoms with Gasteiger partial charge in [0.2, 0.25) is 5.78 Å². The van der Waals surface area contributed by atoms with Crippen molar-refractivity contribution < 1.29 is 14.3 Å². The van der Waals surface area contributed by atoms with E-state index in [0.717, 1.165) is 17.7 Å². The van der Waals surface area contributed by atoms with Crippen LogP contribution in [0.2, 0.25) is 0 Å². The van der Waals surface area contributed by atoms with Crippen molar-refractivity contribution in [2.45, 2.75) is 33.1 Å². The molecule has 0 saturated carbocycles. The van der Waals surface area contributed by atoms with E-state index < -0.39 is 5.92 Å². The lowest BCUT2D eigenvalue weighted by Gasteiger charge is -2.13. The SMILES string of the molecule is CCOC(=O)C(C)c1cc(CC)c(C(=O)c2ccccc2)n1C. The van der Waals surface area contributed by atoms with Gasteiger partial charge in [-0.2, -0.15) is 0 Å². The topological polar surface area (TPSA) is 48.3 Å². The molecule has 1 atom stereocenters. The molecule has 0 amide bonds. The van der Waals surface area contributed by atoms with Crippen LogP contribution in [0, 0.1) is 0 Å². The molecule has 2 rings (SSSR count). The fourth-order valence-electron chi connectivity index (χ4n) is 2.79. The van der Waals surface area contributed by atoms with E-state index in [0.29, 0.717) is 17.9 Å². The summed E-state index contributed by atoms with van der Waals surface area (Å²) in [6.45, 7) is 5.96. The lowest BCUT2D eigenvalue weighted by atomic mass is 10.0. The van der Waals surface area contributed by atoms with Gasteiger partial charge in [0.15, 0.2) is 0 Å². The van der Waals surface area contributed by atoms with Crippen molar-refractivity contribution in [3.8, 4) is 0 Å². The Morgan fingerprint density at radius 1 is 1.17 bits per heavy atom. The molecule has 4 heteroatoms. The van der Waals surface area contributed by atoms with E-state index >= 15 is 0 Å². The van der Waals surface area contributed by atoms with Crippen LogP contribution in [0.3, 0.4) is 0 Å². The van der Waals surface area contributed by atoms with Crippen LogP contribution in [-0.4, -0.2) is 22.9 Å². The number of aromatic nitrogens is 1. The summed E-state index contributed by atoms with van der Waals surface area (Å²) in [5.74, 6) is -0.690. The number of esters is 1. The molecule has 1 aromatic carbocycles. The first kappa shape index (κ1) is 17.0. The van der Waals surface area contributed by atoms with Crippen molar-refractivity contribution in [1.82, 2.24) is 4.57 Å². The Morgan fingerprint density at radius 3 is 2.39 bits per heavy atom. The minimum absolute atomic E-state index is 0.0211. The van der Waals surface area contributed by atoms with Gasteiger partial charge in [-0.15, -0.1) is 0 Å². The summed E-state index contributed by atoms with van der Waals surface area (Å²) in [5, 5.41) is 0. The van der Waals surface area contributed by atoms with E-state index in [1.807, 2.05) is 61.9 Å². The van der Waals surface area contributed by atoms with Crippen LogP contribution < -0.4 is 0 Å². The van der Waals surface area contributed by atoms with E-state index in [-0.39, 0.29) is 11.8 Å². The van der Waals surface area contributed by atoms with Crippen molar-refractivity contribution in [1.29, 1.82) is 0 Å². The van der Waals surface area contributed by atoms with Crippen LogP contribution in [0.1, 0.15) is 54.0 Å². The Bertz CT molecular complexity index is 701. The van der Waals surface area contributed by atoms with Crippen LogP contribution in [-0.2, 0) is 23.0 Å². The highest BCUT2D eigenvalue weighted by molar-refractivity contribution is 6.09. The second-order valence-electron chi connectivity index (χ2n) is 5.52. The molecule has 0 aliphatic rings. The summed E-state index contributed by atoms with van der Waals surface area (Å²) in [6.07, 6.45) is 0.733. The van der Waals surface area contributed by atoms with Crippen LogP contribution >= 0.6 is 0 Å². The number of nitrogens with zero attached hydrogens (tertiary/aromatic N) is 1. The van der Waals surface area contributed by atoms with Gasteiger partial charge in [0.1, 0.15) is 0 Å². The summed E-state index contributed by atoms with van der Waals surface area (Å²) in [4.78, 5) is 24.9. The molecule has 0 bridgehead atoms. The normalized spacial score (nSPS) is 12.0. The minimum atomic E-state index is -0.400. The molecule has 0 fully saturated rings. The monoisotopic (exact) mass is 313 g/mol. The molecular formula is C19H23NO3. The average molecular weight is 313 g/mol. The molecule has 0 aliphatic heterocycles. The Morgan fingerprint density at radius 2 is 1.83 bits per heavy atom. The number of carbonyl (C=O) groups excluding carboxylic acids is 2. The Hall–Kier alpha value is -2.36. The molecule has 1 aromatic heterocycles. The molecule has 23 heavy (non-hydrogen) atoms. The zero-order valence-electron chi connectivity index (χ0n) is 14.1. The van der Waals surface area contributed by atoms with Gasteiger partial charge in [-0.05, 0) is 31.9 Å². The second kappa shape index (κ2) is 7.27. The number of hydrogen-bond donors (Lipinski definition) is 0. The second-order valence-corrected chi connectivity index (χ2v) is 5.52. The number of benzene rings is 1. The van der Waals surface area contributed by atoms with Gasteiger partial charge in [0, 0.05) is 18.3 Å². The average Bonchev–Trinajstić information content (AvgIpc) is 2.91. The summed E-state index contributed by atoms with van der Waals surface area (Å²) < 4.78 is 6.93.